The van der Waals surface area contributed by atoms with Crippen LogP contribution in [0.2, 0.25) is 0 Å². The fourth-order valence-corrected chi connectivity index (χ4v) is 5.32. The van der Waals surface area contributed by atoms with Gasteiger partial charge in [0.25, 0.3) is 0 Å². The van der Waals surface area contributed by atoms with Gasteiger partial charge >= 0.3 is 5.97 Å². The Morgan fingerprint density at radius 2 is 1.39 bits per heavy atom. The molecular weight excluding hydrogens is 439 g/mol. The monoisotopic (exact) mass is 462 g/mol. The Bertz CT molecular complexity index is 1130. The molecule has 7 nitrogen and oxygen atoms in total. The maximum Gasteiger partial charge on any atom is 0.331 e. The average Bonchev–Trinajstić information content (AvgIpc) is 2.84. The number of oxime groups is 1. The van der Waals surface area contributed by atoms with E-state index < -0.39 is 13.9 Å². The quantitative estimate of drug-likeness (QED) is 0.0871. The van der Waals surface area contributed by atoms with Crippen molar-refractivity contribution in [3.05, 3.63) is 89.3 Å². The van der Waals surface area contributed by atoms with E-state index >= 15 is 0 Å². The zero-order chi connectivity index (χ0) is 23.6. The number of Topliss-reactive ketones (excluding diaryl/α,β-unsaturated/α-hetero) is 1. The highest BCUT2D eigenvalue weighted by Crippen LogP contribution is 2.33. The summed E-state index contributed by atoms with van der Waals surface area (Å²) in [7, 11) is -0.872. The summed E-state index contributed by atoms with van der Waals surface area (Å²) in [5, 5.41) is 9.72. The topological polar surface area (TPSA) is 94.4 Å². The number of benzene rings is 3. The van der Waals surface area contributed by atoms with Crippen LogP contribution in [-0.2, 0) is 9.63 Å². The molecule has 0 aromatic heterocycles. The molecule has 1 atom stereocenters. The van der Waals surface area contributed by atoms with Gasteiger partial charge in [0.15, 0.2) is 0 Å². The van der Waals surface area contributed by atoms with Crippen molar-refractivity contribution in [1.82, 2.24) is 0 Å². The van der Waals surface area contributed by atoms with Crippen molar-refractivity contribution in [2.45, 2.75) is 13.8 Å². The van der Waals surface area contributed by atoms with Crippen molar-refractivity contribution < 1.29 is 19.2 Å². The lowest BCUT2D eigenvalue weighted by Gasteiger charge is -2.20. The number of nitroso groups, excluding NO2 is 1. The van der Waals surface area contributed by atoms with Crippen molar-refractivity contribution >= 4 is 41.3 Å². The number of carbonyl (C=O) groups is 2. The van der Waals surface area contributed by atoms with Gasteiger partial charge in [0.2, 0.25) is 5.78 Å². The Hall–Kier alpha value is -3.70. The Balaban J connectivity index is 1.88. The zero-order valence-corrected chi connectivity index (χ0v) is 19.2. The van der Waals surface area contributed by atoms with Crippen LogP contribution in [0.15, 0.2) is 89.2 Å². The molecule has 0 saturated heterocycles. The molecule has 0 heterocycles. The Morgan fingerprint density at radius 1 is 0.818 bits per heavy atom. The van der Waals surface area contributed by atoms with Gasteiger partial charge in [0, 0.05) is 12.5 Å². The normalized spacial score (nSPS) is 12.0. The molecule has 0 spiro atoms. The second kappa shape index (κ2) is 11.8. The number of ether oxygens (including phenoxy) is 1. The Kier molecular flexibility index (Phi) is 8.56. The van der Waals surface area contributed by atoms with Crippen LogP contribution in [0, 0.1) is 4.91 Å². The lowest BCUT2D eigenvalue weighted by atomic mass is 10.1. The van der Waals surface area contributed by atoms with Gasteiger partial charge in [-0.1, -0.05) is 77.1 Å². The fourth-order valence-electron chi connectivity index (χ4n) is 3.06. The lowest BCUT2D eigenvalue weighted by molar-refractivity contribution is -0.140. The maximum atomic E-state index is 12.6. The molecule has 3 rings (SSSR count). The van der Waals surface area contributed by atoms with Gasteiger partial charge in [0.1, 0.15) is 24.6 Å². The van der Waals surface area contributed by atoms with E-state index in [9.17, 15) is 14.5 Å². The fraction of sp³-hybridized carbons (Fsp3) is 0.160. The summed E-state index contributed by atoms with van der Waals surface area (Å²) in [5.74, 6) is -0.213. The van der Waals surface area contributed by atoms with Crippen molar-refractivity contribution in [2.24, 2.45) is 10.3 Å². The maximum absolute atomic E-state index is 12.6. The number of ketones is 1. The minimum absolute atomic E-state index is 0.101. The molecule has 0 radical (unpaired) electrons. The molecule has 0 amide bonds. The van der Waals surface area contributed by atoms with Gasteiger partial charge in [-0.2, -0.15) is 4.91 Å². The van der Waals surface area contributed by atoms with Crippen LogP contribution in [0.1, 0.15) is 24.2 Å². The van der Waals surface area contributed by atoms with Gasteiger partial charge in [-0.3, -0.25) is 4.79 Å². The Labute approximate surface area is 193 Å². The third-order valence-electron chi connectivity index (χ3n) is 4.59. The number of rotatable bonds is 10. The van der Waals surface area contributed by atoms with Crippen molar-refractivity contribution in [3.8, 4) is 5.75 Å². The van der Waals surface area contributed by atoms with Crippen LogP contribution in [0.5, 0.6) is 5.75 Å². The first kappa shape index (κ1) is 24.0. The summed E-state index contributed by atoms with van der Waals surface area (Å²) >= 11 is 0. The van der Waals surface area contributed by atoms with Crippen LogP contribution in [0.25, 0.3) is 0 Å². The van der Waals surface area contributed by atoms with Crippen molar-refractivity contribution in [1.29, 1.82) is 0 Å². The molecule has 0 aliphatic rings. The molecule has 0 bridgehead atoms. The van der Waals surface area contributed by atoms with Gasteiger partial charge < -0.3 is 9.57 Å². The smallest absolute Gasteiger partial charge is 0.331 e. The van der Waals surface area contributed by atoms with Gasteiger partial charge in [-0.15, -0.1) is 0 Å². The van der Waals surface area contributed by atoms with Crippen LogP contribution >= 0.6 is 7.92 Å². The summed E-state index contributed by atoms with van der Waals surface area (Å²) in [5.41, 5.74) is 0.561. The SMILES string of the molecule is CC(=O)O/N=C(\C)C(=O)c1ccc(P(c2ccccc2)c2ccc(OCCN=O)cc2)cc1. The summed E-state index contributed by atoms with van der Waals surface area (Å²) in [6.45, 7) is 3.08. The number of hydrogen-bond acceptors (Lipinski definition) is 7. The zero-order valence-electron chi connectivity index (χ0n) is 18.3. The van der Waals surface area contributed by atoms with E-state index in [0.29, 0.717) is 11.3 Å². The number of carbonyl (C=O) groups excluding carboxylic acids is 2. The molecular formula is C25H23N2O5P. The van der Waals surface area contributed by atoms with Gasteiger partial charge in [-0.25, -0.2) is 4.79 Å². The first-order valence-corrected chi connectivity index (χ1v) is 11.6. The summed E-state index contributed by atoms with van der Waals surface area (Å²) in [4.78, 5) is 38.3. The predicted octanol–water partition coefficient (Wildman–Crippen LogP) is 3.71. The van der Waals surface area contributed by atoms with E-state index in [-0.39, 0.29) is 24.6 Å². The second-order valence-corrected chi connectivity index (χ2v) is 9.22. The molecule has 3 aromatic carbocycles. The summed E-state index contributed by atoms with van der Waals surface area (Å²) in [6, 6.07) is 25.3. The third-order valence-corrected chi connectivity index (χ3v) is 7.03. The molecule has 0 N–H and O–H groups in total. The van der Waals surface area contributed by atoms with E-state index in [4.69, 9.17) is 4.74 Å². The average molecular weight is 462 g/mol. The molecule has 8 heteroatoms. The Morgan fingerprint density at radius 3 is 1.97 bits per heavy atom. The highest BCUT2D eigenvalue weighted by molar-refractivity contribution is 7.79. The molecule has 168 valence electrons. The molecule has 0 aliphatic carbocycles. The molecule has 0 aliphatic heterocycles. The van der Waals surface area contributed by atoms with Crippen molar-refractivity contribution in [2.75, 3.05) is 13.2 Å². The van der Waals surface area contributed by atoms with E-state index in [1.165, 1.54) is 13.8 Å². The van der Waals surface area contributed by atoms with Crippen LogP contribution in [-0.4, -0.2) is 30.6 Å². The summed E-state index contributed by atoms with van der Waals surface area (Å²) in [6.07, 6.45) is 0. The molecule has 1 unspecified atom stereocenters. The first-order valence-electron chi connectivity index (χ1n) is 10.2. The largest absolute Gasteiger partial charge is 0.492 e. The standard InChI is InChI=1S/C25H23N2O5P/c1-18(27-32-19(2)28)25(29)20-8-12-23(13-9-20)33(22-6-4-3-5-7-22)24-14-10-21(11-15-24)31-17-16-26-30/h3-15H,16-17H2,1-2H3/b27-18+. The highest BCUT2D eigenvalue weighted by Gasteiger charge is 2.18. The molecule has 0 fully saturated rings. The minimum Gasteiger partial charge on any atom is -0.492 e. The van der Waals surface area contributed by atoms with Gasteiger partial charge in [0.05, 0.1) is 0 Å². The van der Waals surface area contributed by atoms with Crippen molar-refractivity contribution in [3.63, 3.8) is 0 Å². The molecule has 33 heavy (non-hydrogen) atoms. The van der Waals surface area contributed by atoms with E-state index in [0.717, 1.165) is 15.9 Å². The first-order chi connectivity index (χ1) is 16.0. The lowest BCUT2D eigenvalue weighted by Crippen LogP contribution is -2.21. The highest BCUT2D eigenvalue weighted by atomic mass is 31.1. The molecule has 3 aromatic rings. The van der Waals surface area contributed by atoms with Crippen LogP contribution in [0.4, 0.5) is 0 Å². The van der Waals surface area contributed by atoms with E-state index in [1.54, 1.807) is 12.1 Å². The van der Waals surface area contributed by atoms with Crippen LogP contribution in [0.3, 0.4) is 0 Å². The second-order valence-electron chi connectivity index (χ2n) is 7.00. The minimum atomic E-state index is -0.872. The van der Waals surface area contributed by atoms with E-state index in [2.05, 4.69) is 27.3 Å². The number of hydrogen-bond donors (Lipinski definition) is 0. The summed E-state index contributed by atoms with van der Waals surface area (Å²) < 4.78 is 5.53. The van der Waals surface area contributed by atoms with E-state index in [1.807, 2.05) is 54.6 Å². The third kappa shape index (κ3) is 6.64. The van der Waals surface area contributed by atoms with Gasteiger partial charge in [-0.05, 0) is 42.9 Å². The number of nitrogens with zero attached hydrogens (tertiary/aromatic N) is 2. The predicted molar refractivity (Wildman–Crippen MR) is 131 cm³/mol. The molecule has 0 saturated carbocycles. The van der Waals surface area contributed by atoms with Crippen LogP contribution < -0.4 is 20.7 Å².